The summed E-state index contributed by atoms with van der Waals surface area (Å²) in [5.74, 6) is 1.19. The number of aromatic nitrogens is 1. The first-order valence-electron chi connectivity index (χ1n) is 10.0. The van der Waals surface area contributed by atoms with Crippen LogP contribution < -0.4 is 5.32 Å². The summed E-state index contributed by atoms with van der Waals surface area (Å²) in [5.41, 5.74) is 2.41. The van der Waals surface area contributed by atoms with Gasteiger partial charge in [-0.25, -0.2) is 0 Å². The van der Waals surface area contributed by atoms with Gasteiger partial charge in [-0.3, -0.25) is 9.69 Å². The molecule has 7 heteroatoms. The van der Waals surface area contributed by atoms with Crippen LogP contribution >= 0.6 is 23.2 Å². The Bertz CT molecular complexity index is 978. The van der Waals surface area contributed by atoms with Crippen molar-refractivity contribution in [2.45, 2.75) is 19.4 Å². The van der Waals surface area contributed by atoms with E-state index in [1.807, 2.05) is 36.4 Å². The highest BCUT2D eigenvalue weighted by molar-refractivity contribution is 6.35. The highest BCUT2D eigenvalue weighted by Crippen LogP contribution is 2.23. The summed E-state index contributed by atoms with van der Waals surface area (Å²) in [6.07, 6.45) is 2.05. The number of hydrogen-bond donors (Lipinski definition) is 1. The fraction of sp³-hybridized carbons (Fsp3) is 0.304. The largest absolute Gasteiger partial charge is 0.359 e. The van der Waals surface area contributed by atoms with Crippen LogP contribution in [0.4, 0.5) is 0 Å². The van der Waals surface area contributed by atoms with Crippen molar-refractivity contribution in [2.75, 3.05) is 19.6 Å². The Labute approximate surface area is 186 Å². The lowest BCUT2D eigenvalue weighted by molar-refractivity contribution is 0.0933. The van der Waals surface area contributed by atoms with Crippen molar-refractivity contribution in [2.24, 2.45) is 5.92 Å². The zero-order chi connectivity index (χ0) is 20.9. The van der Waals surface area contributed by atoms with Gasteiger partial charge >= 0.3 is 0 Å². The van der Waals surface area contributed by atoms with Crippen molar-refractivity contribution < 1.29 is 9.32 Å². The van der Waals surface area contributed by atoms with Crippen LogP contribution in [-0.2, 0) is 6.54 Å². The zero-order valence-electron chi connectivity index (χ0n) is 16.5. The van der Waals surface area contributed by atoms with Crippen LogP contribution in [0.2, 0.25) is 10.0 Å². The van der Waals surface area contributed by atoms with Gasteiger partial charge in [-0.2, -0.15) is 0 Å². The maximum atomic E-state index is 12.4. The van der Waals surface area contributed by atoms with E-state index in [0.29, 0.717) is 28.1 Å². The second-order valence-corrected chi connectivity index (χ2v) is 8.51. The van der Waals surface area contributed by atoms with E-state index in [1.54, 1.807) is 18.2 Å². The van der Waals surface area contributed by atoms with E-state index in [0.717, 1.165) is 49.5 Å². The Morgan fingerprint density at radius 2 is 1.77 bits per heavy atom. The number of rotatable bonds is 6. The molecule has 2 heterocycles. The fourth-order valence-corrected chi connectivity index (χ4v) is 4.25. The van der Waals surface area contributed by atoms with Crippen molar-refractivity contribution in [1.82, 2.24) is 15.4 Å². The highest BCUT2D eigenvalue weighted by atomic mass is 35.5. The van der Waals surface area contributed by atoms with Gasteiger partial charge in [0.25, 0.3) is 5.91 Å². The molecule has 2 aromatic carbocycles. The van der Waals surface area contributed by atoms with Crippen molar-refractivity contribution in [3.63, 3.8) is 0 Å². The van der Waals surface area contributed by atoms with Gasteiger partial charge in [0.05, 0.1) is 6.54 Å². The van der Waals surface area contributed by atoms with Crippen molar-refractivity contribution in [3.05, 3.63) is 76.0 Å². The van der Waals surface area contributed by atoms with E-state index in [2.05, 4.69) is 15.4 Å². The minimum Gasteiger partial charge on any atom is -0.359 e. The summed E-state index contributed by atoms with van der Waals surface area (Å²) >= 11 is 12.0. The van der Waals surface area contributed by atoms with E-state index in [1.165, 1.54) is 0 Å². The molecule has 0 unspecified atom stereocenters. The van der Waals surface area contributed by atoms with E-state index < -0.39 is 0 Å². The summed E-state index contributed by atoms with van der Waals surface area (Å²) in [6, 6.07) is 16.9. The van der Waals surface area contributed by atoms with Crippen molar-refractivity contribution in [3.8, 4) is 11.3 Å². The number of carbonyl (C=O) groups is 1. The molecule has 0 spiro atoms. The lowest BCUT2D eigenvalue weighted by Crippen LogP contribution is -2.38. The van der Waals surface area contributed by atoms with Crippen LogP contribution in [0, 0.1) is 5.92 Å². The molecule has 156 valence electrons. The molecule has 1 saturated heterocycles. The van der Waals surface area contributed by atoms with Crippen LogP contribution in [0.3, 0.4) is 0 Å². The molecule has 1 aromatic heterocycles. The number of piperidine rings is 1. The molecular weight excluding hydrogens is 421 g/mol. The molecule has 0 saturated carbocycles. The molecular formula is C23H23Cl2N3O2. The van der Waals surface area contributed by atoms with Crippen molar-refractivity contribution >= 4 is 29.1 Å². The van der Waals surface area contributed by atoms with E-state index in [-0.39, 0.29) is 5.91 Å². The molecule has 0 bridgehead atoms. The number of nitrogens with zero attached hydrogens (tertiary/aromatic N) is 2. The second-order valence-electron chi connectivity index (χ2n) is 7.63. The smallest absolute Gasteiger partial charge is 0.251 e. The third kappa shape index (κ3) is 5.42. The first-order valence-corrected chi connectivity index (χ1v) is 10.8. The summed E-state index contributed by atoms with van der Waals surface area (Å²) < 4.78 is 5.53. The topological polar surface area (TPSA) is 58.4 Å². The summed E-state index contributed by atoms with van der Waals surface area (Å²) in [5, 5.41) is 8.12. The van der Waals surface area contributed by atoms with Gasteiger partial charge in [0.1, 0.15) is 5.69 Å². The van der Waals surface area contributed by atoms with Gasteiger partial charge in [-0.15, -0.1) is 0 Å². The molecule has 5 nitrogen and oxygen atoms in total. The third-order valence-electron chi connectivity index (χ3n) is 5.39. The SMILES string of the molecule is O=C(NCC1CCN(Cc2cc(-c3ccccc3)no2)CC1)c1cc(Cl)cc(Cl)c1. The van der Waals surface area contributed by atoms with Gasteiger partial charge in [0.15, 0.2) is 5.76 Å². The fourth-order valence-electron chi connectivity index (χ4n) is 3.73. The quantitative estimate of drug-likeness (QED) is 0.561. The normalized spacial score (nSPS) is 15.3. The molecule has 0 atom stereocenters. The van der Waals surface area contributed by atoms with Gasteiger partial charge in [-0.05, 0) is 50.0 Å². The molecule has 4 rings (SSSR count). The standard InChI is InChI=1S/C23H23Cl2N3O2/c24-19-10-18(11-20(25)12-19)23(29)26-14-16-6-8-28(9-7-16)15-21-13-22(27-30-21)17-4-2-1-3-5-17/h1-5,10-13,16H,6-9,14-15H2,(H,26,29). The Balaban J connectivity index is 1.23. The Morgan fingerprint density at radius 3 is 2.47 bits per heavy atom. The molecule has 3 aromatic rings. The van der Waals surface area contributed by atoms with Gasteiger partial charge < -0.3 is 9.84 Å². The predicted octanol–water partition coefficient (Wildman–Crippen LogP) is 5.29. The highest BCUT2D eigenvalue weighted by Gasteiger charge is 2.21. The number of amides is 1. The minimum atomic E-state index is -0.142. The van der Waals surface area contributed by atoms with Gasteiger partial charge in [0.2, 0.25) is 0 Å². The van der Waals surface area contributed by atoms with Crippen LogP contribution in [0.15, 0.2) is 59.1 Å². The van der Waals surface area contributed by atoms with Crippen LogP contribution in [-0.4, -0.2) is 35.6 Å². The van der Waals surface area contributed by atoms with Gasteiger partial charge in [-0.1, -0.05) is 58.7 Å². The third-order valence-corrected chi connectivity index (χ3v) is 5.83. The molecule has 1 aliphatic heterocycles. The monoisotopic (exact) mass is 443 g/mol. The number of halogens is 2. The van der Waals surface area contributed by atoms with E-state index in [4.69, 9.17) is 27.7 Å². The predicted molar refractivity (Wildman–Crippen MR) is 119 cm³/mol. The average molecular weight is 444 g/mol. The maximum Gasteiger partial charge on any atom is 0.251 e. The van der Waals surface area contributed by atoms with Gasteiger partial charge in [0, 0.05) is 33.8 Å². The average Bonchev–Trinajstić information content (AvgIpc) is 3.21. The lowest BCUT2D eigenvalue weighted by Gasteiger charge is -2.31. The van der Waals surface area contributed by atoms with E-state index in [9.17, 15) is 4.79 Å². The maximum absolute atomic E-state index is 12.4. The molecule has 0 radical (unpaired) electrons. The number of likely N-dealkylation sites (tertiary alicyclic amines) is 1. The number of benzene rings is 2. The molecule has 1 amide bonds. The lowest BCUT2D eigenvalue weighted by atomic mass is 9.96. The number of hydrogen-bond acceptors (Lipinski definition) is 4. The Kier molecular flexibility index (Phi) is 6.72. The van der Waals surface area contributed by atoms with Crippen LogP contribution in [0.25, 0.3) is 11.3 Å². The molecule has 0 aliphatic carbocycles. The van der Waals surface area contributed by atoms with Crippen molar-refractivity contribution in [1.29, 1.82) is 0 Å². The first kappa shape index (κ1) is 20.9. The molecule has 1 aliphatic rings. The first-order chi connectivity index (χ1) is 14.6. The molecule has 30 heavy (non-hydrogen) atoms. The molecule has 1 N–H and O–H groups in total. The Hall–Kier alpha value is -2.34. The summed E-state index contributed by atoms with van der Waals surface area (Å²) in [4.78, 5) is 14.7. The minimum absolute atomic E-state index is 0.142. The Morgan fingerprint density at radius 1 is 1.07 bits per heavy atom. The second kappa shape index (κ2) is 9.65. The van der Waals surface area contributed by atoms with E-state index >= 15 is 0 Å². The van der Waals surface area contributed by atoms with Crippen LogP contribution in [0.5, 0.6) is 0 Å². The van der Waals surface area contributed by atoms with Crippen LogP contribution in [0.1, 0.15) is 29.0 Å². The summed E-state index contributed by atoms with van der Waals surface area (Å²) in [6.45, 7) is 3.33. The zero-order valence-corrected chi connectivity index (χ0v) is 18.0. The molecule has 1 fully saturated rings. The number of carbonyl (C=O) groups excluding carboxylic acids is 1. The number of nitrogens with one attached hydrogen (secondary N) is 1. The summed E-state index contributed by atoms with van der Waals surface area (Å²) in [7, 11) is 0.